The molecule has 1 spiro atoms. The van der Waals surface area contributed by atoms with Crippen LogP contribution < -0.4 is 4.90 Å². The van der Waals surface area contributed by atoms with Crippen molar-refractivity contribution in [2.45, 2.75) is 48.6 Å². The number of nitrogens with zero attached hydrogens (tertiary/aromatic N) is 2. The van der Waals surface area contributed by atoms with Crippen molar-refractivity contribution in [3.63, 3.8) is 0 Å². The van der Waals surface area contributed by atoms with Crippen LogP contribution in [0, 0.1) is 18.8 Å². The molecule has 4 aliphatic rings. The van der Waals surface area contributed by atoms with E-state index in [9.17, 15) is 19.5 Å². The molecule has 0 aromatic heterocycles. The van der Waals surface area contributed by atoms with E-state index in [0.29, 0.717) is 43.1 Å². The molecular formula is C27H31ClN2O5S. The lowest BCUT2D eigenvalue weighted by atomic mass is 9.74. The number of benzene rings is 1. The number of likely N-dealkylation sites (tertiary alicyclic amines) is 1. The topological polar surface area (TPSA) is 87.2 Å². The van der Waals surface area contributed by atoms with Gasteiger partial charge in [0.15, 0.2) is 0 Å². The Balaban J connectivity index is 1.65. The first kappa shape index (κ1) is 25.4. The first-order valence-corrected chi connectivity index (χ1v) is 13.6. The second-order valence-electron chi connectivity index (χ2n) is 10.1. The van der Waals surface area contributed by atoms with Crippen molar-refractivity contribution in [1.29, 1.82) is 0 Å². The largest absolute Gasteiger partial charge is 0.465 e. The second-order valence-corrected chi connectivity index (χ2v) is 12.3. The quantitative estimate of drug-likeness (QED) is 0.356. The maximum Gasteiger partial charge on any atom is 0.311 e. The minimum absolute atomic E-state index is 0.00657. The number of para-hydroxylation sites is 1. The van der Waals surface area contributed by atoms with E-state index in [0.717, 1.165) is 5.56 Å². The van der Waals surface area contributed by atoms with Gasteiger partial charge in [0.1, 0.15) is 6.04 Å². The summed E-state index contributed by atoms with van der Waals surface area (Å²) in [6.07, 6.45) is 9.64. The van der Waals surface area contributed by atoms with E-state index in [1.165, 1.54) is 11.8 Å². The Kier molecular flexibility index (Phi) is 6.72. The number of carbonyl (C=O) groups excluding carboxylic acids is 3. The Morgan fingerprint density at radius 2 is 1.94 bits per heavy atom. The van der Waals surface area contributed by atoms with Crippen molar-refractivity contribution in [3.05, 3.63) is 53.1 Å². The number of cyclic esters (lactones) is 1. The minimum atomic E-state index is -0.926. The molecule has 0 radical (unpaired) electrons. The standard InChI is InChI=1S/C27H31ClN2O5S/c1-17-9-7-10-18(28)21(17)29-14-8-12-27-19(20-25(34)35-16-6-3-11-26(20,2)36-27)23(32)30(13-4-5-15-31)22(27)24(29)33/h3,7-12,19-20,22,31H,4-6,13-16H2,1-2H3/t19-,20-,22?,26+,27-/m0/s1. The van der Waals surface area contributed by atoms with Gasteiger partial charge in [-0.3, -0.25) is 14.4 Å². The molecule has 2 saturated heterocycles. The number of hydrogen-bond acceptors (Lipinski definition) is 6. The third kappa shape index (κ3) is 3.80. The van der Waals surface area contributed by atoms with E-state index in [1.54, 1.807) is 15.9 Å². The summed E-state index contributed by atoms with van der Waals surface area (Å²) in [5.74, 6) is -2.23. The second kappa shape index (κ2) is 9.54. The summed E-state index contributed by atoms with van der Waals surface area (Å²) in [4.78, 5) is 45.1. The number of aliphatic hydroxyl groups is 1. The summed E-state index contributed by atoms with van der Waals surface area (Å²) in [6.45, 7) is 4.80. The van der Waals surface area contributed by atoms with Gasteiger partial charge in [0.25, 0.3) is 5.91 Å². The summed E-state index contributed by atoms with van der Waals surface area (Å²) in [5.41, 5.74) is 1.50. The number of halogens is 1. The molecule has 9 heteroatoms. The number of fused-ring (bicyclic) bond motifs is 2. The molecular weight excluding hydrogens is 500 g/mol. The van der Waals surface area contributed by atoms with Crippen molar-refractivity contribution >= 4 is 46.8 Å². The number of carbonyl (C=O) groups is 3. The Morgan fingerprint density at radius 1 is 1.14 bits per heavy atom. The third-order valence-corrected chi connectivity index (χ3v) is 9.89. The van der Waals surface area contributed by atoms with Crippen molar-refractivity contribution in [1.82, 2.24) is 4.90 Å². The molecule has 2 fully saturated rings. The van der Waals surface area contributed by atoms with E-state index < -0.39 is 27.4 Å². The molecule has 1 aromatic rings. The Hall–Kier alpha value is -2.29. The van der Waals surface area contributed by atoms with Crippen LogP contribution in [0.2, 0.25) is 5.02 Å². The maximum atomic E-state index is 14.4. The van der Waals surface area contributed by atoms with Gasteiger partial charge < -0.3 is 19.6 Å². The average molecular weight is 531 g/mol. The van der Waals surface area contributed by atoms with Crippen LogP contribution in [-0.2, 0) is 19.1 Å². The number of rotatable bonds is 5. The molecule has 5 atom stereocenters. The van der Waals surface area contributed by atoms with Crippen LogP contribution in [-0.4, -0.2) is 69.6 Å². The van der Waals surface area contributed by atoms with Crippen molar-refractivity contribution in [3.8, 4) is 0 Å². The van der Waals surface area contributed by atoms with E-state index >= 15 is 0 Å². The van der Waals surface area contributed by atoms with Crippen LogP contribution in [0.15, 0.2) is 42.5 Å². The van der Waals surface area contributed by atoms with Gasteiger partial charge in [-0.15, -0.1) is 11.8 Å². The molecule has 0 bridgehead atoms. The Labute approximate surface area is 220 Å². The number of ether oxygens (including phenoxy) is 1. The van der Waals surface area contributed by atoms with Gasteiger partial charge in [-0.1, -0.05) is 48.0 Å². The maximum absolute atomic E-state index is 14.4. The van der Waals surface area contributed by atoms with Gasteiger partial charge in [-0.05, 0) is 44.7 Å². The average Bonchev–Trinajstić information content (AvgIpc) is 3.14. The number of aryl methyl sites for hydroxylation is 1. The molecule has 36 heavy (non-hydrogen) atoms. The van der Waals surface area contributed by atoms with Gasteiger partial charge >= 0.3 is 5.97 Å². The highest BCUT2D eigenvalue weighted by atomic mass is 35.5. The number of thioether (sulfide) groups is 1. The lowest BCUT2D eigenvalue weighted by Crippen LogP contribution is -2.53. The highest BCUT2D eigenvalue weighted by Gasteiger charge is 2.73. The van der Waals surface area contributed by atoms with Gasteiger partial charge in [-0.25, -0.2) is 0 Å². The molecule has 4 aliphatic heterocycles. The molecule has 1 aromatic carbocycles. The highest BCUT2D eigenvalue weighted by molar-refractivity contribution is 8.02. The fourth-order valence-electron chi connectivity index (χ4n) is 6.29. The van der Waals surface area contributed by atoms with Crippen LogP contribution in [0.25, 0.3) is 0 Å². The summed E-state index contributed by atoms with van der Waals surface area (Å²) in [5, 5.41) is 9.82. The lowest BCUT2D eigenvalue weighted by molar-refractivity contribution is -0.154. The summed E-state index contributed by atoms with van der Waals surface area (Å²) in [7, 11) is 0. The first-order valence-electron chi connectivity index (χ1n) is 12.5. The predicted molar refractivity (Wildman–Crippen MR) is 140 cm³/mol. The number of unbranched alkanes of at least 4 members (excludes halogenated alkanes) is 1. The molecule has 7 nitrogen and oxygen atoms in total. The van der Waals surface area contributed by atoms with E-state index in [4.69, 9.17) is 16.3 Å². The molecule has 5 rings (SSSR count). The van der Waals surface area contributed by atoms with E-state index in [-0.39, 0.29) is 31.0 Å². The van der Waals surface area contributed by atoms with Crippen LogP contribution in [0.1, 0.15) is 31.7 Å². The van der Waals surface area contributed by atoms with Gasteiger partial charge in [0, 0.05) is 24.4 Å². The molecule has 0 aliphatic carbocycles. The van der Waals surface area contributed by atoms with Crippen LogP contribution >= 0.6 is 23.4 Å². The lowest BCUT2D eigenvalue weighted by Gasteiger charge is -2.37. The first-order chi connectivity index (χ1) is 17.2. The molecule has 1 N–H and O–H groups in total. The third-order valence-electron chi connectivity index (χ3n) is 7.79. The fraction of sp³-hybridized carbons (Fsp3) is 0.519. The van der Waals surface area contributed by atoms with Gasteiger partial charge in [0.2, 0.25) is 5.91 Å². The predicted octanol–water partition coefficient (Wildman–Crippen LogP) is 3.51. The zero-order valence-corrected chi connectivity index (χ0v) is 22.1. The molecule has 192 valence electrons. The minimum Gasteiger partial charge on any atom is -0.465 e. The van der Waals surface area contributed by atoms with Crippen LogP contribution in [0.5, 0.6) is 0 Å². The summed E-state index contributed by atoms with van der Waals surface area (Å²) < 4.78 is 3.95. The Bertz CT molecular complexity index is 1130. The number of amides is 2. The zero-order chi connectivity index (χ0) is 25.7. The van der Waals surface area contributed by atoms with E-state index in [2.05, 4.69) is 0 Å². The smallest absolute Gasteiger partial charge is 0.311 e. The van der Waals surface area contributed by atoms with Crippen molar-refractivity contribution in [2.75, 3.05) is 31.2 Å². The zero-order valence-electron chi connectivity index (χ0n) is 20.5. The molecule has 4 heterocycles. The van der Waals surface area contributed by atoms with Crippen LogP contribution in [0.4, 0.5) is 5.69 Å². The van der Waals surface area contributed by atoms with Gasteiger partial charge in [-0.2, -0.15) is 0 Å². The molecule has 2 amide bonds. The fourth-order valence-corrected chi connectivity index (χ4v) is 8.76. The summed E-state index contributed by atoms with van der Waals surface area (Å²) in [6, 6.07) is 4.71. The monoisotopic (exact) mass is 530 g/mol. The molecule has 0 saturated carbocycles. The van der Waals surface area contributed by atoms with Gasteiger partial charge in [0.05, 0.1) is 33.9 Å². The SMILES string of the molecule is Cc1cccc(Cl)c1N1CC=C[C@]23S[C@]4(C)C=CCCOC(=O)[C@@H]4[C@H]2C(=O)N(CCCCO)C3C1=O. The number of aliphatic hydroxyl groups excluding tert-OH is 1. The Morgan fingerprint density at radius 3 is 2.69 bits per heavy atom. The van der Waals surface area contributed by atoms with E-state index in [1.807, 2.05) is 50.3 Å². The molecule has 1 unspecified atom stereocenters. The van der Waals surface area contributed by atoms with Crippen LogP contribution in [0.3, 0.4) is 0 Å². The van der Waals surface area contributed by atoms with Crippen molar-refractivity contribution in [2.24, 2.45) is 11.8 Å². The highest BCUT2D eigenvalue weighted by Crippen LogP contribution is 2.65. The van der Waals surface area contributed by atoms with Crippen molar-refractivity contribution < 1.29 is 24.2 Å². The normalized spacial score (nSPS) is 33.6. The summed E-state index contributed by atoms with van der Waals surface area (Å²) >= 11 is 8.10. The number of anilines is 1. The number of esters is 1. The number of hydrogen-bond donors (Lipinski definition) is 1.